The summed E-state index contributed by atoms with van der Waals surface area (Å²) in [4.78, 5) is 0. The van der Waals surface area contributed by atoms with Crippen molar-refractivity contribution >= 4 is 8.32 Å². The van der Waals surface area contributed by atoms with E-state index in [0.29, 0.717) is 22.0 Å². The lowest BCUT2D eigenvalue weighted by molar-refractivity contribution is -0.00492. The summed E-state index contributed by atoms with van der Waals surface area (Å²) in [6.45, 7) is 19.2. The van der Waals surface area contributed by atoms with Gasteiger partial charge in [-0.3, -0.25) is 0 Å². The molecular formula is C19H36OSi. The van der Waals surface area contributed by atoms with Crippen molar-refractivity contribution in [2.45, 2.75) is 97.9 Å². The molecule has 0 aromatic carbocycles. The van der Waals surface area contributed by atoms with Crippen LogP contribution in [0.1, 0.15) is 73.6 Å². The molecule has 0 spiro atoms. The van der Waals surface area contributed by atoms with Gasteiger partial charge in [0.15, 0.2) is 8.32 Å². The van der Waals surface area contributed by atoms with Gasteiger partial charge >= 0.3 is 0 Å². The van der Waals surface area contributed by atoms with Crippen LogP contribution in [0.4, 0.5) is 0 Å². The molecule has 0 unspecified atom stereocenters. The first kappa shape index (κ1) is 17.3. The third-order valence-electron chi connectivity index (χ3n) is 6.39. The quantitative estimate of drug-likeness (QED) is 0.429. The fourth-order valence-electron chi connectivity index (χ4n) is 3.80. The number of allylic oxidation sites excluding steroid dienone is 1. The Labute approximate surface area is 133 Å². The molecule has 2 atom stereocenters. The average Bonchev–Trinajstić information content (AvgIpc) is 2.28. The molecule has 0 aromatic heterocycles. The summed E-state index contributed by atoms with van der Waals surface area (Å²) in [7, 11) is -1.71. The first-order chi connectivity index (χ1) is 9.37. The Hall–Kier alpha value is -0.0831. The Bertz CT molecular complexity index is 427. The third kappa shape index (κ3) is 3.31. The van der Waals surface area contributed by atoms with Crippen LogP contribution in [0, 0.1) is 10.8 Å². The average molecular weight is 309 g/mol. The predicted octanol–water partition coefficient (Wildman–Crippen LogP) is 6.31. The first-order valence-corrected chi connectivity index (χ1v) is 11.7. The third-order valence-corrected chi connectivity index (χ3v) is 10.9. The molecule has 2 aliphatic rings. The molecule has 0 aromatic rings. The Morgan fingerprint density at radius 3 is 2.38 bits per heavy atom. The maximum atomic E-state index is 6.95. The second kappa shape index (κ2) is 5.23. The van der Waals surface area contributed by atoms with Gasteiger partial charge in [0.05, 0.1) is 6.10 Å². The molecule has 2 heteroatoms. The van der Waals surface area contributed by atoms with Crippen molar-refractivity contribution in [3.8, 4) is 0 Å². The highest BCUT2D eigenvalue weighted by Gasteiger charge is 2.50. The van der Waals surface area contributed by atoms with Crippen LogP contribution in [0.3, 0.4) is 0 Å². The lowest BCUT2D eigenvalue weighted by atomic mass is 9.58. The van der Waals surface area contributed by atoms with Crippen molar-refractivity contribution in [2.24, 2.45) is 10.8 Å². The summed E-state index contributed by atoms with van der Waals surface area (Å²) < 4.78 is 6.95. The van der Waals surface area contributed by atoms with Gasteiger partial charge in [0.2, 0.25) is 0 Å². The Kier molecular flexibility index (Phi) is 4.30. The molecule has 0 N–H and O–H groups in total. The summed E-state index contributed by atoms with van der Waals surface area (Å²) in [5, 5.41) is 0.295. The van der Waals surface area contributed by atoms with Crippen molar-refractivity contribution < 1.29 is 4.43 Å². The van der Waals surface area contributed by atoms with E-state index in [-0.39, 0.29) is 0 Å². The molecule has 0 saturated heterocycles. The molecule has 2 rings (SSSR count). The molecule has 0 aliphatic heterocycles. The summed E-state index contributed by atoms with van der Waals surface area (Å²) >= 11 is 0. The predicted molar refractivity (Wildman–Crippen MR) is 95.1 cm³/mol. The van der Waals surface area contributed by atoms with E-state index in [0.717, 1.165) is 0 Å². The summed E-state index contributed by atoms with van der Waals surface area (Å²) in [5.41, 5.74) is 2.37. The summed E-state index contributed by atoms with van der Waals surface area (Å²) in [6.07, 6.45) is 9.34. The van der Waals surface area contributed by atoms with Crippen LogP contribution in [0.25, 0.3) is 0 Å². The van der Waals surface area contributed by atoms with Gasteiger partial charge in [0.25, 0.3) is 0 Å². The lowest BCUT2D eigenvalue weighted by Crippen LogP contribution is -2.53. The molecule has 1 saturated carbocycles. The molecule has 1 fully saturated rings. The standard InChI is InChI=1S/C19H36OSi/c1-17(2,3)21(7,8)20-16-14-18(4,5)13-15-11-9-10-12-19(15,16)6/h11,16H,9-10,12-14H2,1-8H3/t16-,19-/m1/s1. The molecule has 0 radical (unpaired) electrons. The zero-order valence-corrected chi connectivity index (χ0v) is 16.6. The van der Waals surface area contributed by atoms with Gasteiger partial charge in [-0.2, -0.15) is 0 Å². The molecule has 1 nitrogen and oxygen atoms in total. The van der Waals surface area contributed by atoms with E-state index in [1.165, 1.54) is 32.1 Å². The second-order valence-corrected chi connectivity index (χ2v) is 14.7. The van der Waals surface area contributed by atoms with Crippen molar-refractivity contribution in [3.63, 3.8) is 0 Å². The van der Waals surface area contributed by atoms with Gasteiger partial charge in [-0.15, -0.1) is 0 Å². The van der Waals surface area contributed by atoms with Gasteiger partial charge in [-0.1, -0.05) is 53.2 Å². The van der Waals surface area contributed by atoms with E-state index in [1.807, 2.05) is 0 Å². The molecule has 2 aliphatic carbocycles. The van der Waals surface area contributed by atoms with Gasteiger partial charge in [-0.05, 0) is 55.7 Å². The minimum atomic E-state index is -1.71. The highest BCUT2D eigenvalue weighted by molar-refractivity contribution is 6.74. The minimum absolute atomic E-state index is 0.295. The topological polar surface area (TPSA) is 9.23 Å². The van der Waals surface area contributed by atoms with Gasteiger partial charge in [-0.25, -0.2) is 0 Å². The van der Waals surface area contributed by atoms with Crippen LogP contribution in [0.15, 0.2) is 11.6 Å². The van der Waals surface area contributed by atoms with Crippen LogP contribution in [-0.2, 0) is 4.43 Å². The van der Waals surface area contributed by atoms with Crippen molar-refractivity contribution in [1.29, 1.82) is 0 Å². The van der Waals surface area contributed by atoms with Gasteiger partial charge in [0, 0.05) is 5.41 Å². The zero-order valence-electron chi connectivity index (χ0n) is 15.6. The van der Waals surface area contributed by atoms with Gasteiger partial charge in [0.1, 0.15) is 0 Å². The maximum absolute atomic E-state index is 6.95. The van der Waals surface area contributed by atoms with E-state index < -0.39 is 8.32 Å². The van der Waals surface area contributed by atoms with Crippen LogP contribution < -0.4 is 0 Å². The molecule has 21 heavy (non-hydrogen) atoms. The Morgan fingerprint density at radius 2 is 1.81 bits per heavy atom. The molecule has 0 amide bonds. The normalized spacial score (nSPS) is 33.3. The fraction of sp³-hybridized carbons (Fsp3) is 0.895. The summed E-state index contributed by atoms with van der Waals surface area (Å²) in [6, 6.07) is 0. The molecule has 122 valence electrons. The summed E-state index contributed by atoms with van der Waals surface area (Å²) in [5.74, 6) is 0. The zero-order chi connectivity index (χ0) is 16.1. The van der Waals surface area contributed by atoms with Crippen molar-refractivity contribution in [3.05, 3.63) is 11.6 Å². The Morgan fingerprint density at radius 1 is 1.19 bits per heavy atom. The minimum Gasteiger partial charge on any atom is -0.413 e. The van der Waals surface area contributed by atoms with Crippen LogP contribution in [-0.4, -0.2) is 14.4 Å². The van der Waals surface area contributed by atoms with Crippen LogP contribution in [0.5, 0.6) is 0 Å². The second-order valence-electron chi connectivity index (χ2n) is 9.95. The molecule has 0 bridgehead atoms. The number of hydrogen-bond donors (Lipinski definition) is 0. The largest absolute Gasteiger partial charge is 0.413 e. The van der Waals surface area contributed by atoms with E-state index in [9.17, 15) is 0 Å². The highest BCUT2D eigenvalue weighted by Crippen LogP contribution is 2.55. The van der Waals surface area contributed by atoms with E-state index in [1.54, 1.807) is 5.57 Å². The SMILES string of the molecule is CC1(C)CC2=CCCC[C@@]2(C)[C@H](O[Si](C)(C)C(C)(C)C)C1. The fourth-order valence-corrected chi connectivity index (χ4v) is 5.21. The van der Waals surface area contributed by atoms with Gasteiger partial charge < -0.3 is 4.43 Å². The van der Waals surface area contributed by atoms with E-state index in [4.69, 9.17) is 4.43 Å². The van der Waals surface area contributed by atoms with E-state index >= 15 is 0 Å². The van der Waals surface area contributed by atoms with Crippen LogP contribution >= 0.6 is 0 Å². The number of rotatable bonds is 2. The molecule has 0 heterocycles. The number of fused-ring (bicyclic) bond motifs is 1. The smallest absolute Gasteiger partial charge is 0.192 e. The van der Waals surface area contributed by atoms with E-state index in [2.05, 4.69) is 60.7 Å². The molecular weight excluding hydrogens is 272 g/mol. The van der Waals surface area contributed by atoms with Crippen molar-refractivity contribution in [2.75, 3.05) is 0 Å². The maximum Gasteiger partial charge on any atom is 0.192 e. The Balaban J connectivity index is 2.32. The highest BCUT2D eigenvalue weighted by atomic mass is 28.4. The number of hydrogen-bond acceptors (Lipinski definition) is 1. The monoisotopic (exact) mass is 308 g/mol. The van der Waals surface area contributed by atoms with Crippen LogP contribution in [0.2, 0.25) is 18.1 Å². The lowest BCUT2D eigenvalue weighted by Gasteiger charge is -2.54. The first-order valence-electron chi connectivity index (χ1n) is 8.75. The van der Waals surface area contributed by atoms with Crippen molar-refractivity contribution in [1.82, 2.24) is 0 Å².